The van der Waals surface area contributed by atoms with Gasteiger partial charge in [0.05, 0.1) is 24.0 Å². The zero-order valence-electron chi connectivity index (χ0n) is 11.3. The topological polar surface area (TPSA) is 63.7 Å². The third-order valence-corrected chi connectivity index (χ3v) is 5.75. The first kappa shape index (κ1) is 13.6. The fraction of sp³-hybridized carbons (Fsp3) is 0.500. The number of carbonyl (C=O) groups excluding carboxylic acids is 1. The van der Waals surface area contributed by atoms with Gasteiger partial charge in [0.2, 0.25) is 10.0 Å². The SMILES string of the molecule is CCOC(=O)C[C@H]1c2ccccc2S(=O)(=O)N1C1CC1. The summed E-state index contributed by atoms with van der Waals surface area (Å²) in [4.78, 5) is 12.1. The molecule has 1 atom stereocenters. The molecule has 0 bridgehead atoms. The van der Waals surface area contributed by atoms with Crippen molar-refractivity contribution < 1.29 is 17.9 Å². The highest BCUT2D eigenvalue weighted by atomic mass is 32.2. The van der Waals surface area contributed by atoms with Gasteiger partial charge in [-0.25, -0.2) is 8.42 Å². The van der Waals surface area contributed by atoms with E-state index < -0.39 is 16.1 Å². The normalized spacial score (nSPS) is 24.4. The quantitative estimate of drug-likeness (QED) is 0.795. The zero-order chi connectivity index (χ0) is 14.3. The first-order valence-corrected chi connectivity index (χ1v) is 8.27. The number of benzene rings is 1. The molecule has 5 nitrogen and oxygen atoms in total. The lowest BCUT2D eigenvalue weighted by Crippen LogP contribution is -2.32. The number of esters is 1. The minimum Gasteiger partial charge on any atom is -0.466 e. The number of hydrogen-bond acceptors (Lipinski definition) is 4. The maximum atomic E-state index is 12.6. The van der Waals surface area contributed by atoms with E-state index in [1.807, 2.05) is 6.07 Å². The third-order valence-electron chi connectivity index (χ3n) is 3.71. The van der Waals surface area contributed by atoms with E-state index in [1.54, 1.807) is 25.1 Å². The van der Waals surface area contributed by atoms with E-state index in [-0.39, 0.29) is 18.4 Å². The van der Waals surface area contributed by atoms with Crippen LogP contribution < -0.4 is 0 Å². The number of hydrogen-bond donors (Lipinski definition) is 0. The summed E-state index contributed by atoms with van der Waals surface area (Å²) in [6.45, 7) is 2.05. The van der Waals surface area contributed by atoms with Crippen LogP contribution in [0.2, 0.25) is 0 Å². The van der Waals surface area contributed by atoms with E-state index in [9.17, 15) is 13.2 Å². The van der Waals surface area contributed by atoms with E-state index >= 15 is 0 Å². The first-order chi connectivity index (χ1) is 9.55. The molecule has 1 aliphatic heterocycles. The Morgan fingerprint density at radius 1 is 1.35 bits per heavy atom. The van der Waals surface area contributed by atoms with E-state index in [0.717, 1.165) is 12.8 Å². The predicted octanol–water partition coefficient (Wildman–Crippen LogP) is 1.85. The molecule has 6 heteroatoms. The molecule has 0 radical (unpaired) electrons. The number of carbonyl (C=O) groups is 1. The molecule has 1 saturated carbocycles. The summed E-state index contributed by atoms with van der Waals surface area (Å²) >= 11 is 0. The number of fused-ring (bicyclic) bond motifs is 1. The van der Waals surface area contributed by atoms with Crippen molar-refractivity contribution in [2.45, 2.75) is 43.2 Å². The van der Waals surface area contributed by atoms with Gasteiger partial charge in [0, 0.05) is 6.04 Å². The molecule has 0 unspecified atom stereocenters. The number of ether oxygens (including phenoxy) is 1. The predicted molar refractivity (Wildman–Crippen MR) is 72.5 cm³/mol. The van der Waals surface area contributed by atoms with E-state index in [0.29, 0.717) is 17.1 Å². The summed E-state index contributed by atoms with van der Waals surface area (Å²) in [5, 5.41) is 0. The van der Waals surface area contributed by atoms with Gasteiger partial charge in [-0.3, -0.25) is 4.79 Å². The summed E-state index contributed by atoms with van der Waals surface area (Å²) in [6, 6.07) is 6.55. The van der Waals surface area contributed by atoms with Crippen LogP contribution in [0.4, 0.5) is 0 Å². The lowest BCUT2D eigenvalue weighted by molar-refractivity contribution is -0.144. The molecule has 1 heterocycles. The van der Waals surface area contributed by atoms with Crippen LogP contribution in [0.1, 0.15) is 37.8 Å². The van der Waals surface area contributed by atoms with Crippen LogP contribution in [0.15, 0.2) is 29.2 Å². The molecule has 1 aromatic rings. The standard InChI is InChI=1S/C14H17NO4S/c1-2-19-14(16)9-12-11-5-3-4-6-13(11)20(17,18)15(12)10-7-8-10/h3-6,10,12H,2,7-9H2,1H3/t12-/m0/s1. The van der Waals surface area contributed by atoms with Gasteiger partial charge in [-0.2, -0.15) is 4.31 Å². The molecule has 20 heavy (non-hydrogen) atoms. The van der Waals surface area contributed by atoms with Crippen molar-refractivity contribution in [3.05, 3.63) is 29.8 Å². The fourth-order valence-electron chi connectivity index (χ4n) is 2.77. The second-order valence-electron chi connectivity index (χ2n) is 5.13. The summed E-state index contributed by atoms with van der Waals surface area (Å²) < 4.78 is 31.7. The summed E-state index contributed by atoms with van der Waals surface area (Å²) in [5.74, 6) is -0.352. The van der Waals surface area contributed by atoms with Crippen LogP contribution in [0.25, 0.3) is 0 Å². The molecule has 0 N–H and O–H groups in total. The zero-order valence-corrected chi connectivity index (χ0v) is 12.1. The van der Waals surface area contributed by atoms with Crippen molar-refractivity contribution in [2.75, 3.05) is 6.61 Å². The Balaban J connectivity index is 1.99. The highest BCUT2D eigenvalue weighted by molar-refractivity contribution is 7.89. The van der Waals surface area contributed by atoms with Gasteiger partial charge in [-0.1, -0.05) is 18.2 Å². The van der Waals surface area contributed by atoms with Gasteiger partial charge < -0.3 is 4.74 Å². The van der Waals surface area contributed by atoms with Gasteiger partial charge in [-0.15, -0.1) is 0 Å². The average molecular weight is 295 g/mol. The van der Waals surface area contributed by atoms with Crippen molar-refractivity contribution in [1.82, 2.24) is 4.31 Å². The Morgan fingerprint density at radius 3 is 2.70 bits per heavy atom. The summed E-state index contributed by atoms with van der Waals surface area (Å²) in [6.07, 6.45) is 1.82. The van der Waals surface area contributed by atoms with Gasteiger partial charge in [-0.05, 0) is 31.4 Å². The van der Waals surface area contributed by atoms with Crippen molar-refractivity contribution in [2.24, 2.45) is 0 Å². The molecule has 108 valence electrons. The fourth-order valence-corrected chi connectivity index (χ4v) is 4.87. The van der Waals surface area contributed by atoms with Crippen LogP contribution in [0, 0.1) is 0 Å². The van der Waals surface area contributed by atoms with Crippen LogP contribution in [-0.4, -0.2) is 31.3 Å². The molecule has 0 amide bonds. The lowest BCUT2D eigenvalue weighted by Gasteiger charge is -2.22. The molecule has 1 aliphatic carbocycles. The Morgan fingerprint density at radius 2 is 2.05 bits per heavy atom. The van der Waals surface area contributed by atoms with E-state index in [1.165, 1.54) is 4.31 Å². The molecule has 1 fully saturated rings. The average Bonchev–Trinajstić information content (AvgIpc) is 3.19. The second kappa shape index (κ2) is 4.86. The lowest BCUT2D eigenvalue weighted by atomic mass is 10.0. The molecule has 0 saturated heterocycles. The highest BCUT2D eigenvalue weighted by Crippen LogP contribution is 2.47. The third kappa shape index (κ3) is 2.13. The maximum Gasteiger partial charge on any atom is 0.307 e. The van der Waals surface area contributed by atoms with E-state index in [2.05, 4.69) is 0 Å². The molecule has 1 aromatic carbocycles. The summed E-state index contributed by atoms with van der Waals surface area (Å²) in [7, 11) is -3.47. The number of sulfonamides is 1. The Bertz CT molecular complexity index is 636. The molecule has 0 aromatic heterocycles. The molecule has 3 rings (SSSR count). The second-order valence-corrected chi connectivity index (χ2v) is 6.94. The monoisotopic (exact) mass is 295 g/mol. The van der Waals surface area contributed by atoms with Gasteiger partial charge >= 0.3 is 5.97 Å². The van der Waals surface area contributed by atoms with Crippen molar-refractivity contribution in [3.8, 4) is 0 Å². The van der Waals surface area contributed by atoms with Crippen molar-refractivity contribution >= 4 is 16.0 Å². The minimum absolute atomic E-state index is 0.0341. The van der Waals surface area contributed by atoms with Crippen LogP contribution in [0.3, 0.4) is 0 Å². The number of rotatable bonds is 4. The van der Waals surface area contributed by atoms with Crippen LogP contribution >= 0.6 is 0 Å². The van der Waals surface area contributed by atoms with Crippen LogP contribution in [-0.2, 0) is 19.6 Å². The van der Waals surface area contributed by atoms with Gasteiger partial charge in [0.25, 0.3) is 0 Å². The molecule has 2 aliphatic rings. The van der Waals surface area contributed by atoms with Crippen molar-refractivity contribution in [1.29, 1.82) is 0 Å². The Hall–Kier alpha value is -1.40. The molecular weight excluding hydrogens is 278 g/mol. The highest BCUT2D eigenvalue weighted by Gasteiger charge is 2.50. The Labute approximate surface area is 118 Å². The smallest absolute Gasteiger partial charge is 0.307 e. The van der Waals surface area contributed by atoms with Crippen LogP contribution in [0.5, 0.6) is 0 Å². The largest absolute Gasteiger partial charge is 0.466 e. The van der Waals surface area contributed by atoms with E-state index in [4.69, 9.17) is 4.74 Å². The van der Waals surface area contributed by atoms with Crippen molar-refractivity contribution in [3.63, 3.8) is 0 Å². The maximum absolute atomic E-state index is 12.6. The summed E-state index contributed by atoms with van der Waals surface area (Å²) in [5.41, 5.74) is 0.715. The molecule has 0 spiro atoms. The Kier molecular flexibility index (Phi) is 3.30. The number of nitrogens with zero attached hydrogens (tertiary/aromatic N) is 1. The first-order valence-electron chi connectivity index (χ1n) is 6.83. The van der Waals surface area contributed by atoms with Gasteiger partial charge in [0.1, 0.15) is 0 Å². The van der Waals surface area contributed by atoms with Gasteiger partial charge in [0.15, 0.2) is 0 Å². The molecular formula is C14H17NO4S. The minimum atomic E-state index is -3.47.